The van der Waals surface area contributed by atoms with E-state index < -0.39 is 43.0 Å². The number of aromatic nitrogens is 1. The summed E-state index contributed by atoms with van der Waals surface area (Å²) in [4.78, 5) is 51.4. The van der Waals surface area contributed by atoms with Crippen molar-refractivity contribution >= 4 is 34.6 Å². The number of hydrogen-bond acceptors (Lipinski definition) is 6. The smallest absolute Gasteiger partial charge is 0.387 e. The Hall–Kier alpha value is -4.28. The van der Waals surface area contributed by atoms with Crippen molar-refractivity contribution in [1.29, 1.82) is 0 Å². The first-order valence-corrected chi connectivity index (χ1v) is 10.1. The van der Waals surface area contributed by atoms with Crippen LogP contribution in [0.3, 0.4) is 0 Å². The molecule has 3 amide bonds. The van der Waals surface area contributed by atoms with Gasteiger partial charge in [-0.3, -0.25) is 19.7 Å². The van der Waals surface area contributed by atoms with Crippen molar-refractivity contribution in [1.82, 2.24) is 15.6 Å². The van der Waals surface area contributed by atoms with E-state index in [1.54, 1.807) is 6.20 Å². The predicted octanol–water partition coefficient (Wildman–Crippen LogP) is 2.32. The summed E-state index contributed by atoms with van der Waals surface area (Å²) in [5, 5.41) is 5.40. The number of halogens is 2. The lowest BCUT2D eigenvalue weighted by Crippen LogP contribution is -2.43. The minimum absolute atomic E-state index is 0.0109. The van der Waals surface area contributed by atoms with E-state index in [1.807, 2.05) is 29.6 Å². The fraction of sp³-hybridized carbons (Fsp3) is 0.217. The van der Waals surface area contributed by atoms with Crippen LogP contribution >= 0.6 is 0 Å². The molecule has 1 atom stereocenters. The molecule has 3 aromatic rings. The predicted molar refractivity (Wildman–Crippen MR) is 116 cm³/mol. The van der Waals surface area contributed by atoms with E-state index in [0.717, 1.165) is 28.6 Å². The molecular weight excluding hydrogens is 452 g/mol. The Morgan fingerprint density at radius 2 is 1.74 bits per heavy atom. The van der Waals surface area contributed by atoms with Crippen LogP contribution in [0.5, 0.6) is 5.75 Å². The van der Waals surface area contributed by atoms with E-state index in [2.05, 4.69) is 15.0 Å². The Kier molecular flexibility index (Phi) is 7.91. The molecule has 0 saturated heterocycles. The largest absolute Gasteiger partial charge is 0.454 e. The van der Waals surface area contributed by atoms with Gasteiger partial charge in [0.2, 0.25) is 5.91 Å². The van der Waals surface area contributed by atoms with Crippen LogP contribution in [0.25, 0.3) is 10.9 Å². The third kappa shape index (κ3) is 6.61. The minimum Gasteiger partial charge on any atom is -0.454 e. The molecule has 0 radical (unpaired) electrons. The summed E-state index contributed by atoms with van der Waals surface area (Å²) in [6.07, 6.45) is 1.84. The molecule has 11 heteroatoms. The van der Waals surface area contributed by atoms with Crippen LogP contribution in [0.2, 0.25) is 0 Å². The summed E-state index contributed by atoms with van der Waals surface area (Å²) < 4.78 is 33.6. The molecule has 178 valence electrons. The average molecular weight is 473 g/mol. The number of rotatable bonds is 9. The van der Waals surface area contributed by atoms with Gasteiger partial charge in [-0.05, 0) is 35.9 Å². The zero-order valence-electron chi connectivity index (χ0n) is 18.0. The molecule has 9 nitrogen and oxygen atoms in total. The zero-order valence-corrected chi connectivity index (χ0v) is 18.0. The van der Waals surface area contributed by atoms with Gasteiger partial charge in [-0.15, -0.1) is 0 Å². The average Bonchev–Trinajstić information content (AvgIpc) is 3.19. The number of amides is 3. The molecule has 0 aliphatic carbocycles. The number of carbonyl (C=O) groups excluding carboxylic acids is 4. The monoisotopic (exact) mass is 473 g/mol. The molecule has 34 heavy (non-hydrogen) atoms. The van der Waals surface area contributed by atoms with Crippen molar-refractivity contribution in [3.05, 3.63) is 65.9 Å². The van der Waals surface area contributed by atoms with Crippen molar-refractivity contribution in [3.63, 3.8) is 0 Å². The Labute approximate surface area is 192 Å². The van der Waals surface area contributed by atoms with Crippen LogP contribution in [0, 0.1) is 0 Å². The summed E-state index contributed by atoms with van der Waals surface area (Å²) in [6.45, 7) is -2.52. The number of alkyl halides is 2. The SMILES string of the molecule is CC(=O)N[C@@H](Cc1c[nH]c2ccccc12)C(=O)OCC(=O)NC(=O)c1ccc(OC(F)F)cc1. The van der Waals surface area contributed by atoms with Crippen molar-refractivity contribution < 1.29 is 37.4 Å². The van der Waals surface area contributed by atoms with Crippen LogP contribution < -0.4 is 15.4 Å². The third-order valence-corrected chi connectivity index (χ3v) is 4.70. The second-order valence-corrected chi connectivity index (χ2v) is 7.20. The number of carbonyl (C=O) groups is 4. The second-order valence-electron chi connectivity index (χ2n) is 7.20. The second kappa shape index (κ2) is 11.0. The molecule has 0 bridgehead atoms. The maximum Gasteiger partial charge on any atom is 0.387 e. The zero-order chi connectivity index (χ0) is 24.7. The normalized spacial score (nSPS) is 11.6. The summed E-state index contributed by atoms with van der Waals surface area (Å²) in [5.74, 6) is -3.18. The van der Waals surface area contributed by atoms with Crippen LogP contribution in [0.1, 0.15) is 22.8 Å². The van der Waals surface area contributed by atoms with Crippen LogP contribution in [-0.2, 0) is 25.5 Å². The number of H-pyrrole nitrogens is 1. The molecule has 0 spiro atoms. The van der Waals surface area contributed by atoms with E-state index in [9.17, 15) is 28.0 Å². The van der Waals surface area contributed by atoms with E-state index in [4.69, 9.17) is 4.74 Å². The maximum atomic E-state index is 12.5. The highest BCUT2D eigenvalue weighted by molar-refractivity contribution is 6.05. The number of para-hydroxylation sites is 1. The summed E-state index contributed by atoms with van der Waals surface area (Å²) >= 11 is 0. The Morgan fingerprint density at radius 3 is 2.41 bits per heavy atom. The van der Waals surface area contributed by atoms with Gasteiger partial charge < -0.3 is 19.8 Å². The van der Waals surface area contributed by atoms with Gasteiger partial charge in [-0.1, -0.05) is 18.2 Å². The Morgan fingerprint density at radius 1 is 1.03 bits per heavy atom. The highest BCUT2D eigenvalue weighted by Crippen LogP contribution is 2.19. The van der Waals surface area contributed by atoms with Gasteiger partial charge >= 0.3 is 12.6 Å². The number of hydrogen-bond donors (Lipinski definition) is 3. The maximum absolute atomic E-state index is 12.5. The molecule has 0 fully saturated rings. The van der Waals surface area contributed by atoms with Gasteiger partial charge in [-0.25, -0.2) is 4.79 Å². The molecule has 1 aromatic heterocycles. The first-order valence-electron chi connectivity index (χ1n) is 10.1. The summed E-state index contributed by atoms with van der Waals surface area (Å²) in [5.41, 5.74) is 1.64. The first kappa shape index (κ1) is 24.4. The molecule has 0 aliphatic rings. The lowest BCUT2D eigenvalue weighted by Gasteiger charge is -2.16. The molecule has 3 rings (SSSR count). The molecule has 0 aliphatic heterocycles. The van der Waals surface area contributed by atoms with Crippen molar-refractivity contribution in [2.45, 2.75) is 26.0 Å². The van der Waals surface area contributed by atoms with Crippen molar-refractivity contribution in [3.8, 4) is 5.75 Å². The van der Waals surface area contributed by atoms with Gasteiger partial charge in [0.25, 0.3) is 11.8 Å². The van der Waals surface area contributed by atoms with E-state index in [-0.39, 0.29) is 17.7 Å². The Balaban J connectivity index is 1.56. The van der Waals surface area contributed by atoms with Gasteiger partial charge in [-0.2, -0.15) is 8.78 Å². The van der Waals surface area contributed by atoms with Gasteiger partial charge in [0.1, 0.15) is 11.8 Å². The molecule has 3 N–H and O–H groups in total. The third-order valence-electron chi connectivity index (χ3n) is 4.70. The molecule has 2 aromatic carbocycles. The number of fused-ring (bicyclic) bond motifs is 1. The summed E-state index contributed by atoms with van der Waals surface area (Å²) in [7, 11) is 0. The highest BCUT2D eigenvalue weighted by atomic mass is 19.3. The van der Waals surface area contributed by atoms with Crippen molar-refractivity contribution in [2.75, 3.05) is 6.61 Å². The van der Waals surface area contributed by atoms with Gasteiger partial charge in [0.15, 0.2) is 6.61 Å². The molecule has 1 heterocycles. The standard InChI is InChI=1S/C23H21F2N3O6/c1-13(29)27-19(10-15-11-26-18-5-3-2-4-17(15)18)22(32)33-12-20(30)28-21(31)14-6-8-16(9-7-14)34-23(24)25/h2-9,11,19,23,26H,10,12H2,1H3,(H,27,29)(H,28,30,31)/t19-/m0/s1. The van der Waals surface area contributed by atoms with Crippen LogP contribution in [-0.4, -0.2) is 47.9 Å². The lowest BCUT2D eigenvalue weighted by atomic mass is 10.0. The molecule has 0 saturated carbocycles. The highest BCUT2D eigenvalue weighted by Gasteiger charge is 2.24. The number of esters is 1. The Bertz CT molecular complexity index is 1190. The number of nitrogens with one attached hydrogen (secondary N) is 3. The number of benzene rings is 2. The lowest BCUT2D eigenvalue weighted by molar-refractivity contribution is -0.151. The minimum atomic E-state index is -3.01. The first-order chi connectivity index (χ1) is 16.2. The quantitative estimate of drug-likeness (QED) is 0.410. The summed E-state index contributed by atoms with van der Waals surface area (Å²) in [6, 6.07) is 11.1. The van der Waals surface area contributed by atoms with E-state index in [0.29, 0.717) is 0 Å². The molecular formula is C23H21F2N3O6. The topological polar surface area (TPSA) is 127 Å². The molecule has 0 unspecified atom stereocenters. The van der Waals surface area contributed by atoms with Gasteiger partial charge in [0, 0.05) is 36.0 Å². The number of aromatic amines is 1. The number of imide groups is 1. The van der Waals surface area contributed by atoms with Gasteiger partial charge in [0.05, 0.1) is 0 Å². The number of ether oxygens (including phenoxy) is 2. The fourth-order valence-corrected chi connectivity index (χ4v) is 3.22. The fourth-order valence-electron chi connectivity index (χ4n) is 3.22. The van der Waals surface area contributed by atoms with E-state index in [1.165, 1.54) is 19.1 Å². The van der Waals surface area contributed by atoms with E-state index >= 15 is 0 Å². The van der Waals surface area contributed by atoms with Crippen LogP contribution in [0.15, 0.2) is 54.7 Å². The van der Waals surface area contributed by atoms with Crippen LogP contribution in [0.4, 0.5) is 8.78 Å². The van der Waals surface area contributed by atoms with Crippen molar-refractivity contribution in [2.24, 2.45) is 0 Å².